The van der Waals surface area contributed by atoms with Gasteiger partial charge in [-0.25, -0.2) is 13.2 Å². The third-order valence-corrected chi connectivity index (χ3v) is 7.60. The van der Waals surface area contributed by atoms with Crippen molar-refractivity contribution < 1.29 is 22.7 Å². The highest BCUT2D eigenvalue weighted by Gasteiger charge is 2.31. The van der Waals surface area contributed by atoms with Crippen LogP contribution in [0.4, 0.5) is 5.69 Å². The number of halogens is 2. The number of piperidine rings is 1. The van der Waals surface area contributed by atoms with Gasteiger partial charge in [0, 0.05) is 13.1 Å². The van der Waals surface area contributed by atoms with Crippen molar-refractivity contribution >= 4 is 50.8 Å². The summed E-state index contributed by atoms with van der Waals surface area (Å²) < 4.78 is 32.4. The summed E-state index contributed by atoms with van der Waals surface area (Å²) in [5, 5.41) is 3.00. The molecule has 10 heteroatoms. The summed E-state index contributed by atoms with van der Waals surface area (Å²) in [6, 6.07) is 10.3. The van der Waals surface area contributed by atoms with Crippen molar-refractivity contribution in [3.05, 3.63) is 58.1 Å². The summed E-state index contributed by atoms with van der Waals surface area (Å²) in [7, 11) is -3.65. The van der Waals surface area contributed by atoms with E-state index in [1.165, 1.54) is 28.6 Å². The summed E-state index contributed by atoms with van der Waals surface area (Å²) in [4.78, 5) is 24.5. The predicted octanol–water partition coefficient (Wildman–Crippen LogP) is 4.46. The number of esters is 1. The van der Waals surface area contributed by atoms with E-state index < -0.39 is 28.5 Å². The maximum absolute atomic E-state index is 12.9. The fourth-order valence-corrected chi connectivity index (χ4v) is 5.89. The van der Waals surface area contributed by atoms with Gasteiger partial charge >= 0.3 is 5.97 Å². The predicted molar refractivity (Wildman–Crippen MR) is 124 cm³/mol. The van der Waals surface area contributed by atoms with E-state index in [-0.39, 0.29) is 38.0 Å². The Bertz CT molecular complexity index is 1080. The second-order valence-corrected chi connectivity index (χ2v) is 10.8. The molecule has 1 heterocycles. The molecule has 2 atom stereocenters. The molecule has 1 aliphatic heterocycles. The number of carbonyl (C=O) groups excluding carboxylic acids is 2. The van der Waals surface area contributed by atoms with E-state index in [2.05, 4.69) is 5.32 Å². The molecule has 0 bridgehead atoms. The number of para-hydroxylation sites is 1. The Kier molecular flexibility index (Phi) is 7.82. The fraction of sp³-hybridized carbons (Fsp3) is 0.364. The number of rotatable bonds is 6. The van der Waals surface area contributed by atoms with Crippen LogP contribution in [0, 0.1) is 11.8 Å². The topological polar surface area (TPSA) is 92.8 Å². The molecule has 0 saturated carbocycles. The van der Waals surface area contributed by atoms with E-state index >= 15 is 0 Å². The fourth-order valence-electron chi connectivity index (χ4n) is 3.72. The number of carbonyl (C=O) groups is 2. The summed E-state index contributed by atoms with van der Waals surface area (Å²) in [6.45, 7) is 4.46. The van der Waals surface area contributed by atoms with Crippen LogP contribution in [0.5, 0.6) is 0 Å². The standard InChI is InChI=1S/C22H24Cl2N2O5S/c1-14-10-15(2)12-26(11-14)32(29,30)17-8-6-16(7-9-17)22(28)31-13-20(27)25-21-18(23)4-3-5-19(21)24/h3-9,14-15H,10-13H2,1-2H3,(H,25,27). The molecular formula is C22H24Cl2N2O5S. The maximum Gasteiger partial charge on any atom is 0.338 e. The molecule has 3 rings (SSSR count). The number of sulfonamides is 1. The van der Waals surface area contributed by atoms with Crippen molar-refractivity contribution in [1.82, 2.24) is 4.31 Å². The Morgan fingerprint density at radius 3 is 2.16 bits per heavy atom. The number of ether oxygens (including phenoxy) is 1. The van der Waals surface area contributed by atoms with Crippen LogP contribution < -0.4 is 5.32 Å². The molecule has 172 valence electrons. The third-order valence-electron chi connectivity index (χ3n) is 5.12. The van der Waals surface area contributed by atoms with Gasteiger partial charge in [0.15, 0.2) is 6.61 Å². The van der Waals surface area contributed by atoms with E-state index in [1.54, 1.807) is 18.2 Å². The molecule has 1 saturated heterocycles. The number of hydrogen-bond acceptors (Lipinski definition) is 5. The number of anilines is 1. The average molecular weight is 499 g/mol. The molecular weight excluding hydrogens is 475 g/mol. The Labute approximate surface area is 197 Å². The van der Waals surface area contributed by atoms with Gasteiger partial charge < -0.3 is 10.1 Å². The number of amides is 1. The highest BCUT2D eigenvalue weighted by Crippen LogP contribution is 2.30. The zero-order chi connectivity index (χ0) is 23.5. The molecule has 0 radical (unpaired) electrons. The first-order chi connectivity index (χ1) is 15.1. The van der Waals surface area contributed by atoms with E-state index in [9.17, 15) is 18.0 Å². The average Bonchev–Trinajstić information content (AvgIpc) is 2.74. The molecule has 0 spiro atoms. The van der Waals surface area contributed by atoms with Crippen molar-refractivity contribution in [2.24, 2.45) is 11.8 Å². The van der Waals surface area contributed by atoms with Crippen LogP contribution in [0.25, 0.3) is 0 Å². The number of nitrogens with zero attached hydrogens (tertiary/aromatic N) is 1. The van der Waals surface area contributed by atoms with Crippen LogP contribution >= 0.6 is 23.2 Å². The molecule has 1 aliphatic rings. The van der Waals surface area contributed by atoms with Crippen molar-refractivity contribution in [3.8, 4) is 0 Å². The lowest BCUT2D eigenvalue weighted by molar-refractivity contribution is -0.119. The maximum atomic E-state index is 12.9. The minimum atomic E-state index is -3.65. The van der Waals surface area contributed by atoms with E-state index in [0.29, 0.717) is 13.1 Å². The van der Waals surface area contributed by atoms with E-state index in [1.807, 2.05) is 13.8 Å². The van der Waals surface area contributed by atoms with Crippen LogP contribution in [-0.4, -0.2) is 44.3 Å². The Balaban J connectivity index is 1.61. The van der Waals surface area contributed by atoms with Crippen molar-refractivity contribution in [2.45, 2.75) is 25.2 Å². The van der Waals surface area contributed by atoms with Crippen molar-refractivity contribution in [1.29, 1.82) is 0 Å². The van der Waals surface area contributed by atoms with Gasteiger partial charge in [-0.3, -0.25) is 4.79 Å². The normalized spacial score (nSPS) is 19.4. The number of benzene rings is 2. The second-order valence-electron chi connectivity index (χ2n) is 8.01. The van der Waals surface area contributed by atoms with Gasteiger partial charge in [-0.2, -0.15) is 4.31 Å². The minimum Gasteiger partial charge on any atom is -0.452 e. The lowest BCUT2D eigenvalue weighted by Crippen LogP contribution is -2.42. The smallest absolute Gasteiger partial charge is 0.338 e. The molecule has 7 nitrogen and oxygen atoms in total. The van der Waals surface area contributed by atoms with Crippen LogP contribution in [0.15, 0.2) is 47.4 Å². The molecule has 0 aliphatic carbocycles. The van der Waals surface area contributed by atoms with Crippen LogP contribution in [0.1, 0.15) is 30.6 Å². The largest absolute Gasteiger partial charge is 0.452 e. The zero-order valence-corrected chi connectivity index (χ0v) is 20.0. The van der Waals surface area contributed by atoms with Crippen LogP contribution in [0.2, 0.25) is 10.0 Å². The van der Waals surface area contributed by atoms with Crippen LogP contribution in [0.3, 0.4) is 0 Å². The molecule has 2 aromatic rings. The van der Waals surface area contributed by atoms with Gasteiger partial charge in [-0.05, 0) is 54.7 Å². The summed E-state index contributed by atoms with van der Waals surface area (Å²) >= 11 is 12.0. The molecule has 1 amide bonds. The first-order valence-corrected chi connectivity index (χ1v) is 12.3. The Hall–Kier alpha value is -2.13. The van der Waals surface area contributed by atoms with E-state index in [0.717, 1.165) is 6.42 Å². The molecule has 2 unspecified atom stereocenters. The van der Waals surface area contributed by atoms with E-state index in [4.69, 9.17) is 27.9 Å². The quantitative estimate of drug-likeness (QED) is 0.593. The van der Waals surface area contributed by atoms with Gasteiger partial charge in [-0.1, -0.05) is 43.1 Å². The number of hydrogen-bond donors (Lipinski definition) is 1. The minimum absolute atomic E-state index is 0.112. The summed E-state index contributed by atoms with van der Waals surface area (Å²) in [5.41, 5.74) is 0.362. The molecule has 2 aromatic carbocycles. The molecule has 1 N–H and O–H groups in total. The summed E-state index contributed by atoms with van der Waals surface area (Å²) in [5.74, 6) is -0.792. The summed E-state index contributed by atoms with van der Waals surface area (Å²) in [6.07, 6.45) is 0.993. The molecule has 1 fully saturated rings. The molecule has 0 aromatic heterocycles. The lowest BCUT2D eigenvalue weighted by Gasteiger charge is -2.34. The second kappa shape index (κ2) is 10.2. The Morgan fingerprint density at radius 2 is 1.59 bits per heavy atom. The zero-order valence-electron chi connectivity index (χ0n) is 17.7. The monoisotopic (exact) mass is 498 g/mol. The van der Waals surface area contributed by atoms with Crippen molar-refractivity contribution in [2.75, 3.05) is 25.0 Å². The van der Waals surface area contributed by atoms with Gasteiger partial charge in [0.1, 0.15) is 0 Å². The highest BCUT2D eigenvalue weighted by molar-refractivity contribution is 7.89. The number of nitrogens with one attached hydrogen (secondary N) is 1. The van der Waals surface area contributed by atoms with Gasteiger partial charge in [0.05, 0.1) is 26.2 Å². The lowest BCUT2D eigenvalue weighted by atomic mass is 9.94. The molecule has 32 heavy (non-hydrogen) atoms. The first kappa shape index (κ1) is 24.5. The first-order valence-electron chi connectivity index (χ1n) is 10.1. The third kappa shape index (κ3) is 5.81. The van der Waals surface area contributed by atoms with Gasteiger partial charge in [-0.15, -0.1) is 0 Å². The van der Waals surface area contributed by atoms with Crippen molar-refractivity contribution in [3.63, 3.8) is 0 Å². The SMILES string of the molecule is CC1CC(C)CN(S(=O)(=O)c2ccc(C(=O)OCC(=O)Nc3c(Cl)cccc3Cl)cc2)C1. The van der Waals surface area contributed by atoms with Crippen LogP contribution in [-0.2, 0) is 19.6 Å². The highest BCUT2D eigenvalue weighted by atomic mass is 35.5. The van der Waals surface area contributed by atoms with Gasteiger partial charge in [0.2, 0.25) is 10.0 Å². The van der Waals surface area contributed by atoms with Gasteiger partial charge in [0.25, 0.3) is 5.91 Å². The Morgan fingerprint density at radius 1 is 1.03 bits per heavy atom.